The Hall–Kier alpha value is -2.00. The molecule has 1 amide bonds. The van der Waals surface area contributed by atoms with E-state index in [0.29, 0.717) is 31.0 Å². The van der Waals surface area contributed by atoms with Crippen LogP contribution in [0.4, 0.5) is 0 Å². The van der Waals surface area contributed by atoms with Crippen LogP contribution in [-0.4, -0.2) is 19.1 Å². The molecule has 0 fully saturated rings. The minimum absolute atomic E-state index is 0.0304. The van der Waals surface area contributed by atoms with Crippen molar-refractivity contribution in [3.05, 3.63) is 64.7 Å². The number of carbonyl (C=O) groups is 1. The lowest BCUT2D eigenvalue weighted by Crippen LogP contribution is -2.28. The van der Waals surface area contributed by atoms with Crippen LogP contribution in [0, 0.1) is 6.92 Å². The first kappa shape index (κ1) is 16.4. The van der Waals surface area contributed by atoms with Gasteiger partial charge in [-0.25, -0.2) is 0 Å². The Morgan fingerprint density at radius 3 is 2.68 bits per heavy atom. The second-order valence-electron chi connectivity index (χ2n) is 5.14. The zero-order valence-electron chi connectivity index (χ0n) is 12.6. The van der Waals surface area contributed by atoms with Crippen LogP contribution in [0.15, 0.2) is 48.5 Å². The third kappa shape index (κ3) is 5.78. The van der Waals surface area contributed by atoms with Crippen molar-refractivity contribution in [2.45, 2.75) is 19.8 Å². The molecule has 2 aromatic carbocycles. The van der Waals surface area contributed by atoms with Crippen molar-refractivity contribution in [2.75, 3.05) is 13.2 Å². The van der Waals surface area contributed by atoms with E-state index in [1.165, 1.54) is 0 Å². The number of amides is 1. The molecule has 0 heterocycles. The maximum absolute atomic E-state index is 11.8. The molecule has 3 nitrogen and oxygen atoms in total. The van der Waals surface area contributed by atoms with Gasteiger partial charge in [0.2, 0.25) is 5.91 Å². The van der Waals surface area contributed by atoms with Gasteiger partial charge in [-0.2, -0.15) is 0 Å². The molecule has 0 bridgehead atoms. The molecule has 2 aromatic rings. The summed E-state index contributed by atoms with van der Waals surface area (Å²) in [6, 6.07) is 15.4. The molecule has 0 radical (unpaired) electrons. The molecule has 22 heavy (non-hydrogen) atoms. The van der Waals surface area contributed by atoms with Crippen LogP contribution in [0.2, 0.25) is 5.02 Å². The fourth-order valence-electron chi connectivity index (χ4n) is 2.06. The van der Waals surface area contributed by atoms with Gasteiger partial charge in [0.15, 0.2) is 0 Å². The summed E-state index contributed by atoms with van der Waals surface area (Å²) in [5.74, 6) is 0.859. The third-order valence-corrected chi connectivity index (χ3v) is 3.49. The number of benzene rings is 2. The first-order valence-corrected chi connectivity index (χ1v) is 7.72. The summed E-state index contributed by atoms with van der Waals surface area (Å²) in [5, 5.41) is 3.57. The highest BCUT2D eigenvalue weighted by Gasteiger charge is 2.02. The topological polar surface area (TPSA) is 38.3 Å². The van der Waals surface area contributed by atoms with Crippen LogP contribution in [-0.2, 0) is 11.2 Å². The Labute approximate surface area is 136 Å². The van der Waals surface area contributed by atoms with Crippen LogP contribution < -0.4 is 10.1 Å². The number of nitrogens with one attached hydrogen (secondary N) is 1. The van der Waals surface area contributed by atoms with E-state index in [-0.39, 0.29) is 5.91 Å². The maximum atomic E-state index is 11.8. The molecule has 1 N–H and O–H groups in total. The zero-order chi connectivity index (χ0) is 15.8. The molecule has 116 valence electrons. The van der Waals surface area contributed by atoms with Crippen LogP contribution in [0.25, 0.3) is 0 Å². The Morgan fingerprint density at radius 2 is 1.95 bits per heavy atom. The van der Waals surface area contributed by atoms with E-state index in [0.717, 1.165) is 16.9 Å². The van der Waals surface area contributed by atoms with Gasteiger partial charge in [-0.3, -0.25) is 4.79 Å². The molecule has 0 aromatic heterocycles. The molecule has 0 saturated heterocycles. The van der Waals surface area contributed by atoms with Gasteiger partial charge in [-0.15, -0.1) is 0 Å². The van der Waals surface area contributed by atoms with E-state index in [1.807, 2.05) is 55.5 Å². The molecule has 0 aliphatic heterocycles. The largest absolute Gasteiger partial charge is 0.492 e. The molecule has 0 saturated carbocycles. The van der Waals surface area contributed by atoms with Crippen LogP contribution in [0.3, 0.4) is 0 Å². The summed E-state index contributed by atoms with van der Waals surface area (Å²) in [7, 11) is 0. The van der Waals surface area contributed by atoms with Crippen LogP contribution in [0.1, 0.15) is 17.5 Å². The van der Waals surface area contributed by atoms with Crippen molar-refractivity contribution in [1.82, 2.24) is 5.32 Å². The summed E-state index contributed by atoms with van der Waals surface area (Å²) >= 11 is 5.83. The van der Waals surface area contributed by atoms with E-state index < -0.39 is 0 Å². The maximum Gasteiger partial charge on any atom is 0.220 e. The molecule has 2 rings (SSSR count). The van der Waals surface area contributed by atoms with Crippen LogP contribution in [0.5, 0.6) is 5.75 Å². The van der Waals surface area contributed by atoms with Gasteiger partial charge in [-0.05, 0) is 48.7 Å². The molecule has 4 heteroatoms. The van der Waals surface area contributed by atoms with Gasteiger partial charge < -0.3 is 10.1 Å². The van der Waals surface area contributed by atoms with Gasteiger partial charge in [0.1, 0.15) is 12.4 Å². The number of ether oxygens (including phenoxy) is 1. The lowest BCUT2D eigenvalue weighted by Gasteiger charge is -2.08. The van der Waals surface area contributed by atoms with Crippen molar-refractivity contribution in [1.29, 1.82) is 0 Å². The fraction of sp³-hybridized carbons (Fsp3) is 0.278. The van der Waals surface area contributed by atoms with Crippen LogP contribution >= 0.6 is 11.6 Å². The van der Waals surface area contributed by atoms with Gasteiger partial charge in [0.25, 0.3) is 0 Å². The minimum Gasteiger partial charge on any atom is -0.492 e. The molecule has 0 aliphatic rings. The zero-order valence-corrected chi connectivity index (χ0v) is 13.4. The molecular weight excluding hydrogens is 298 g/mol. The quantitative estimate of drug-likeness (QED) is 0.789. The first-order valence-electron chi connectivity index (χ1n) is 7.34. The highest BCUT2D eigenvalue weighted by molar-refractivity contribution is 6.30. The number of hydrogen-bond acceptors (Lipinski definition) is 2. The van der Waals surface area contributed by atoms with Crippen molar-refractivity contribution in [3.63, 3.8) is 0 Å². The summed E-state index contributed by atoms with van der Waals surface area (Å²) in [6.45, 7) is 2.99. The normalized spacial score (nSPS) is 10.3. The second kappa shape index (κ2) is 8.44. The smallest absolute Gasteiger partial charge is 0.220 e. The van der Waals surface area contributed by atoms with Crippen molar-refractivity contribution < 1.29 is 9.53 Å². The summed E-state index contributed by atoms with van der Waals surface area (Å²) < 4.78 is 5.58. The standard InChI is InChI=1S/C18H20ClNO2/c1-14-3-2-4-17(13-14)22-12-11-20-18(21)10-7-15-5-8-16(19)9-6-15/h2-6,8-9,13H,7,10-12H2,1H3,(H,20,21). The van der Waals surface area contributed by atoms with Gasteiger partial charge in [0.05, 0.1) is 6.54 Å². The van der Waals surface area contributed by atoms with Crippen molar-refractivity contribution >= 4 is 17.5 Å². The average Bonchev–Trinajstić information content (AvgIpc) is 2.51. The van der Waals surface area contributed by atoms with Crippen molar-refractivity contribution in [2.24, 2.45) is 0 Å². The predicted octanol–water partition coefficient (Wildman–Crippen LogP) is 3.78. The summed E-state index contributed by atoms with van der Waals surface area (Å²) in [6.07, 6.45) is 1.17. The number of hydrogen-bond donors (Lipinski definition) is 1. The Kier molecular flexibility index (Phi) is 6.28. The Bertz CT molecular complexity index is 611. The summed E-state index contributed by atoms with van der Waals surface area (Å²) in [4.78, 5) is 11.8. The van der Waals surface area contributed by atoms with Crippen molar-refractivity contribution in [3.8, 4) is 5.75 Å². The van der Waals surface area contributed by atoms with E-state index in [9.17, 15) is 4.79 Å². The van der Waals surface area contributed by atoms with Gasteiger partial charge in [-0.1, -0.05) is 35.9 Å². The third-order valence-electron chi connectivity index (χ3n) is 3.24. The number of halogens is 1. The monoisotopic (exact) mass is 317 g/mol. The second-order valence-corrected chi connectivity index (χ2v) is 5.58. The number of rotatable bonds is 7. The summed E-state index contributed by atoms with van der Waals surface area (Å²) in [5.41, 5.74) is 2.26. The van der Waals surface area contributed by atoms with Gasteiger partial charge >= 0.3 is 0 Å². The molecule has 0 atom stereocenters. The molecule has 0 spiro atoms. The number of carbonyl (C=O) groups excluding carboxylic acids is 1. The minimum atomic E-state index is 0.0304. The highest BCUT2D eigenvalue weighted by atomic mass is 35.5. The Balaban J connectivity index is 1.62. The number of aryl methyl sites for hydroxylation is 2. The van der Waals surface area contributed by atoms with E-state index in [1.54, 1.807) is 0 Å². The Morgan fingerprint density at radius 1 is 1.18 bits per heavy atom. The van der Waals surface area contributed by atoms with E-state index in [4.69, 9.17) is 16.3 Å². The average molecular weight is 318 g/mol. The SMILES string of the molecule is Cc1cccc(OCCNC(=O)CCc2ccc(Cl)cc2)c1. The van der Waals surface area contributed by atoms with E-state index >= 15 is 0 Å². The highest BCUT2D eigenvalue weighted by Crippen LogP contribution is 2.12. The lowest BCUT2D eigenvalue weighted by atomic mass is 10.1. The molecule has 0 unspecified atom stereocenters. The first-order chi connectivity index (χ1) is 10.6. The molecule has 0 aliphatic carbocycles. The lowest BCUT2D eigenvalue weighted by molar-refractivity contribution is -0.121. The molecular formula is C18H20ClNO2. The van der Waals surface area contributed by atoms with E-state index in [2.05, 4.69) is 5.32 Å². The van der Waals surface area contributed by atoms with Gasteiger partial charge in [0, 0.05) is 11.4 Å². The fourth-order valence-corrected chi connectivity index (χ4v) is 2.19. The predicted molar refractivity (Wildman–Crippen MR) is 89.5 cm³/mol.